The number of fused-ring (bicyclic) bond motifs is 1. The number of ether oxygens (including phenoxy) is 2. The van der Waals surface area contributed by atoms with Crippen molar-refractivity contribution < 1.29 is 22.6 Å². The maximum atomic E-state index is 13.3. The van der Waals surface area contributed by atoms with E-state index in [0.717, 1.165) is 15.1 Å². The van der Waals surface area contributed by atoms with E-state index in [-0.39, 0.29) is 23.8 Å². The lowest BCUT2D eigenvalue weighted by molar-refractivity contribution is -0.140. The van der Waals surface area contributed by atoms with Gasteiger partial charge >= 0.3 is 6.18 Å². The van der Waals surface area contributed by atoms with E-state index in [0.29, 0.717) is 22.3 Å². The second-order valence-corrected chi connectivity index (χ2v) is 7.97. The van der Waals surface area contributed by atoms with E-state index in [1.165, 1.54) is 7.11 Å². The fourth-order valence-electron chi connectivity index (χ4n) is 3.38. The third-order valence-electron chi connectivity index (χ3n) is 4.95. The molecule has 1 heterocycles. The molecule has 10 heteroatoms. The number of alkyl halides is 3. The van der Waals surface area contributed by atoms with Crippen LogP contribution in [0.25, 0.3) is 16.6 Å². The van der Waals surface area contributed by atoms with Crippen LogP contribution in [0.3, 0.4) is 0 Å². The molecule has 3 rings (SSSR count). The fourth-order valence-corrected chi connectivity index (χ4v) is 3.81. The monoisotopic (exact) mass is 478 g/mol. The van der Waals surface area contributed by atoms with E-state index in [9.17, 15) is 13.2 Å². The van der Waals surface area contributed by atoms with Crippen LogP contribution in [0.4, 0.5) is 24.5 Å². The highest BCUT2D eigenvalue weighted by Crippen LogP contribution is 2.32. The van der Waals surface area contributed by atoms with Crippen LogP contribution in [0, 0.1) is 0 Å². The van der Waals surface area contributed by atoms with Gasteiger partial charge in [0.2, 0.25) is 5.90 Å². The van der Waals surface area contributed by atoms with Gasteiger partial charge in [0.1, 0.15) is 12.3 Å². The summed E-state index contributed by atoms with van der Waals surface area (Å²) in [4.78, 5) is 5.39. The lowest BCUT2D eigenvalue weighted by Crippen LogP contribution is -2.19. The van der Waals surface area contributed by atoms with Crippen LogP contribution in [0.15, 0.2) is 58.9 Å². The van der Waals surface area contributed by atoms with E-state index in [4.69, 9.17) is 15.2 Å². The van der Waals surface area contributed by atoms with Crippen molar-refractivity contribution in [1.82, 2.24) is 4.57 Å². The van der Waals surface area contributed by atoms with E-state index < -0.39 is 12.7 Å². The lowest BCUT2D eigenvalue weighted by atomic mass is 10.2. The molecule has 0 spiro atoms. The van der Waals surface area contributed by atoms with Crippen molar-refractivity contribution in [2.24, 2.45) is 4.99 Å². The van der Waals surface area contributed by atoms with Crippen molar-refractivity contribution in [1.29, 1.82) is 0 Å². The van der Waals surface area contributed by atoms with E-state index >= 15 is 0 Å². The molecule has 0 unspecified atom stereocenters. The number of anilines is 2. The zero-order chi connectivity index (χ0) is 24.2. The molecule has 0 fully saturated rings. The normalized spacial score (nSPS) is 12.1. The van der Waals surface area contributed by atoms with Crippen LogP contribution < -0.4 is 15.8 Å². The molecule has 0 saturated carbocycles. The van der Waals surface area contributed by atoms with Crippen LogP contribution in [-0.4, -0.2) is 43.7 Å². The van der Waals surface area contributed by atoms with Crippen LogP contribution in [0.2, 0.25) is 0 Å². The molecule has 3 aromatic rings. The Labute approximate surface area is 194 Å². The summed E-state index contributed by atoms with van der Waals surface area (Å²) in [5.41, 5.74) is 7.77. The molecule has 0 amide bonds. The highest BCUT2D eigenvalue weighted by atomic mass is 32.2. The number of nitrogens with one attached hydrogen (secondary N) is 1. The minimum Gasteiger partial charge on any atom is -0.495 e. The molecular weight excluding hydrogens is 453 g/mol. The van der Waals surface area contributed by atoms with Crippen molar-refractivity contribution in [3.63, 3.8) is 0 Å². The summed E-state index contributed by atoms with van der Waals surface area (Å²) in [6, 6.07) is 12.1. The number of benzene rings is 2. The smallest absolute Gasteiger partial charge is 0.406 e. The fraction of sp³-hybridized carbons (Fsp3) is 0.261. The number of hydrogen-bond donors (Lipinski definition) is 2. The Kier molecular flexibility index (Phi) is 7.47. The van der Waals surface area contributed by atoms with Gasteiger partial charge in [0.15, 0.2) is 0 Å². The Bertz CT molecular complexity index is 1190. The number of nitrogens with two attached hydrogens (primary N) is 1. The molecule has 0 aliphatic rings. The van der Waals surface area contributed by atoms with Gasteiger partial charge in [-0.1, -0.05) is 12.6 Å². The van der Waals surface area contributed by atoms with Crippen LogP contribution in [0.1, 0.15) is 5.69 Å². The van der Waals surface area contributed by atoms with Crippen molar-refractivity contribution in [3.8, 4) is 5.75 Å². The zero-order valence-electron chi connectivity index (χ0n) is 18.5. The summed E-state index contributed by atoms with van der Waals surface area (Å²) >= 11 is 1.59. The second-order valence-electron chi connectivity index (χ2n) is 7.09. The molecule has 0 aliphatic heterocycles. The van der Waals surface area contributed by atoms with Gasteiger partial charge in [0.05, 0.1) is 43.4 Å². The Hall–Kier alpha value is -3.27. The number of methoxy groups -OCH3 is 2. The van der Waals surface area contributed by atoms with Crippen LogP contribution in [-0.2, 0) is 11.3 Å². The Morgan fingerprint density at radius 1 is 1.21 bits per heavy atom. The second kappa shape index (κ2) is 10.1. The van der Waals surface area contributed by atoms with Crippen LogP contribution >= 0.6 is 11.8 Å². The number of nitrogen functional groups attached to an aromatic ring is 1. The van der Waals surface area contributed by atoms with Gasteiger partial charge in [-0.05, 0) is 42.7 Å². The number of aliphatic imine (C=N–C) groups is 1. The average Bonchev–Trinajstić information content (AvgIpc) is 3.14. The first-order chi connectivity index (χ1) is 15.7. The summed E-state index contributed by atoms with van der Waals surface area (Å²) in [5, 5.41) is 3.68. The number of thioether (sulfide) groups is 1. The predicted molar refractivity (Wildman–Crippen MR) is 129 cm³/mol. The summed E-state index contributed by atoms with van der Waals surface area (Å²) in [7, 11) is 3.01. The molecule has 176 valence electrons. The first-order valence-corrected chi connectivity index (χ1v) is 11.1. The van der Waals surface area contributed by atoms with Gasteiger partial charge in [-0.15, -0.1) is 11.8 Å². The highest BCUT2D eigenvalue weighted by molar-refractivity contribution is 7.98. The number of halogens is 3. The average molecular weight is 479 g/mol. The highest BCUT2D eigenvalue weighted by Gasteiger charge is 2.30. The number of aromatic nitrogens is 1. The maximum absolute atomic E-state index is 13.3. The van der Waals surface area contributed by atoms with E-state index in [2.05, 4.69) is 16.9 Å². The Morgan fingerprint density at radius 3 is 2.61 bits per heavy atom. The molecule has 0 atom stereocenters. The van der Waals surface area contributed by atoms with Crippen molar-refractivity contribution in [2.75, 3.05) is 38.1 Å². The van der Waals surface area contributed by atoms with Gasteiger partial charge in [0, 0.05) is 16.0 Å². The summed E-state index contributed by atoms with van der Waals surface area (Å²) in [6.45, 7) is 2.87. The van der Waals surface area contributed by atoms with Gasteiger partial charge in [-0.2, -0.15) is 13.2 Å². The maximum Gasteiger partial charge on any atom is 0.406 e. The summed E-state index contributed by atoms with van der Waals surface area (Å²) < 4.78 is 51.7. The quantitative estimate of drug-likeness (QED) is 0.190. The van der Waals surface area contributed by atoms with Gasteiger partial charge in [0.25, 0.3) is 0 Å². The molecule has 0 radical (unpaired) electrons. The molecule has 0 bridgehead atoms. The standard InChI is InChI=1S/C23H25F3N4O2S/c1-14(20-11-16-17(27)6-5-7-19(16)30(20)13-23(24,25)26)29-22(32-3)12-28-18-9-8-15(33-4)10-21(18)31-2/h5-11,28H,1,12-13,27H2,2-4H3. The van der Waals surface area contributed by atoms with Crippen LogP contribution in [0.5, 0.6) is 5.75 Å². The zero-order valence-corrected chi connectivity index (χ0v) is 19.3. The number of rotatable bonds is 8. The van der Waals surface area contributed by atoms with E-state index in [1.807, 2.05) is 24.5 Å². The van der Waals surface area contributed by atoms with Crippen molar-refractivity contribution in [2.45, 2.75) is 17.6 Å². The Balaban J connectivity index is 1.90. The van der Waals surface area contributed by atoms with Crippen molar-refractivity contribution in [3.05, 3.63) is 54.7 Å². The lowest BCUT2D eigenvalue weighted by Gasteiger charge is -2.15. The SMILES string of the molecule is C=C(N=C(CNc1ccc(SC)cc1OC)OC)c1cc2c(N)cccc2n1CC(F)(F)F. The topological polar surface area (TPSA) is 73.8 Å². The first kappa shape index (κ1) is 24.4. The molecule has 1 aromatic heterocycles. The third-order valence-corrected chi connectivity index (χ3v) is 5.67. The number of hydrogen-bond acceptors (Lipinski definition) is 6. The molecule has 0 aliphatic carbocycles. The Morgan fingerprint density at radius 2 is 1.97 bits per heavy atom. The summed E-state index contributed by atoms with van der Waals surface area (Å²) in [5.74, 6) is 0.893. The van der Waals surface area contributed by atoms with Gasteiger partial charge in [-0.3, -0.25) is 0 Å². The molecule has 6 nitrogen and oxygen atoms in total. The minimum absolute atomic E-state index is 0.123. The van der Waals surface area contributed by atoms with Crippen molar-refractivity contribution >= 4 is 45.6 Å². The third kappa shape index (κ3) is 5.75. The van der Waals surface area contributed by atoms with Gasteiger partial charge < -0.3 is 25.1 Å². The molecule has 2 aromatic carbocycles. The molecular formula is C23H25F3N4O2S. The molecule has 0 saturated heterocycles. The molecule has 3 N–H and O–H groups in total. The molecule has 33 heavy (non-hydrogen) atoms. The number of nitrogens with zero attached hydrogens (tertiary/aromatic N) is 2. The predicted octanol–water partition coefficient (Wildman–Crippen LogP) is 5.64. The first-order valence-electron chi connectivity index (χ1n) is 9.88. The summed E-state index contributed by atoms with van der Waals surface area (Å²) in [6.07, 6.45) is -2.46. The van der Waals surface area contributed by atoms with Gasteiger partial charge in [-0.25, -0.2) is 4.99 Å². The largest absolute Gasteiger partial charge is 0.495 e. The minimum atomic E-state index is -4.43. The van der Waals surface area contributed by atoms with E-state index in [1.54, 1.807) is 43.1 Å².